The predicted octanol–water partition coefficient (Wildman–Crippen LogP) is 3.94. The Morgan fingerprint density at radius 2 is 1.10 bits per heavy atom. The van der Waals surface area contributed by atoms with Crippen molar-refractivity contribution in [2.45, 2.75) is 62.9 Å². The lowest BCUT2D eigenvalue weighted by atomic mass is 10.1. The number of hydrogen-bond acceptors (Lipinski definition) is 12. The molecule has 10 nitrogen and oxygen atoms in total. The molecule has 4 atom stereocenters. The number of rotatable bonds is 16. The zero-order valence-electron chi connectivity index (χ0n) is 23.3. The Balaban J connectivity index is 1.03. The highest BCUT2D eigenvalue weighted by Crippen LogP contribution is 2.31. The Kier molecular flexibility index (Phi) is 12.4. The first-order valence-electron chi connectivity index (χ1n) is 14.1. The van der Waals surface area contributed by atoms with Gasteiger partial charge >= 0.3 is 11.9 Å². The minimum atomic E-state index is -0.524. The van der Waals surface area contributed by atoms with Crippen LogP contribution in [0.4, 0.5) is 0 Å². The number of ether oxygens (including phenoxy) is 4. The van der Waals surface area contributed by atoms with Crippen LogP contribution in [0.15, 0.2) is 36.4 Å². The summed E-state index contributed by atoms with van der Waals surface area (Å²) in [6, 6.07) is 9.63. The molecule has 4 rings (SSSR count). The normalized spacial score (nSPS) is 21.2. The largest absolute Gasteiger partial charge is 0.504 e. The number of fused-ring (bicyclic) bond motifs is 1. The van der Waals surface area contributed by atoms with Crippen molar-refractivity contribution >= 4 is 35.5 Å². The number of aryl methyl sites for hydroxylation is 2. The highest BCUT2D eigenvalue weighted by molar-refractivity contribution is 7.99. The SMILES string of the molecule is O=C(CCSCCCc1ccc(O)c(O)c1)OC1COC2C(OC(=O)CCSCCCc3ccc(O)c(O)c3)COC12. The van der Waals surface area contributed by atoms with E-state index in [1.165, 1.54) is 12.1 Å². The van der Waals surface area contributed by atoms with E-state index in [0.717, 1.165) is 48.3 Å². The lowest BCUT2D eigenvalue weighted by Gasteiger charge is -2.17. The molecule has 42 heavy (non-hydrogen) atoms. The first-order chi connectivity index (χ1) is 20.3. The quantitative estimate of drug-likeness (QED) is 0.122. The van der Waals surface area contributed by atoms with Crippen molar-refractivity contribution in [3.05, 3.63) is 47.5 Å². The number of hydrogen-bond donors (Lipinski definition) is 4. The van der Waals surface area contributed by atoms with Crippen LogP contribution >= 0.6 is 23.5 Å². The van der Waals surface area contributed by atoms with E-state index in [2.05, 4.69) is 0 Å². The molecule has 2 fully saturated rings. The summed E-state index contributed by atoms with van der Waals surface area (Å²) < 4.78 is 22.8. The lowest BCUT2D eigenvalue weighted by molar-refractivity contribution is -0.154. The molecule has 0 aromatic heterocycles. The smallest absolute Gasteiger partial charge is 0.307 e. The average molecular weight is 623 g/mol. The molecular formula is C30H38O10S2. The molecule has 0 amide bonds. The van der Waals surface area contributed by atoms with Crippen molar-refractivity contribution in [1.29, 1.82) is 0 Å². The molecule has 2 aliphatic rings. The molecule has 0 bridgehead atoms. The summed E-state index contributed by atoms with van der Waals surface area (Å²) in [4.78, 5) is 24.7. The van der Waals surface area contributed by atoms with Gasteiger partial charge in [-0.2, -0.15) is 23.5 Å². The highest BCUT2D eigenvalue weighted by Gasteiger charge is 2.51. The van der Waals surface area contributed by atoms with Crippen molar-refractivity contribution in [2.75, 3.05) is 36.2 Å². The van der Waals surface area contributed by atoms with Crippen molar-refractivity contribution in [3.8, 4) is 23.0 Å². The van der Waals surface area contributed by atoms with Gasteiger partial charge in [0.1, 0.15) is 12.2 Å². The predicted molar refractivity (Wildman–Crippen MR) is 159 cm³/mol. The fourth-order valence-corrected chi connectivity index (χ4v) is 6.53. The second-order valence-electron chi connectivity index (χ2n) is 10.2. The van der Waals surface area contributed by atoms with Crippen molar-refractivity contribution < 1.29 is 49.0 Å². The second-order valence-corrected chi connectivity index (χ2v) is 12.7. The van der Waals surface area contributed by atoms with Gasteiger partial charge in [0, 0.05) is 11.5 Å². The van der Waals surface area contributed by atoms with E-state index in [9.17, 15) is 30.0 Å². The Hall–Kier alpha value is -2.80. The molecule has 4 N–H and O–H groups in total. The van der Waals surface area contributed by atoms with Crippen LogP contribution in [0.25, 0.3) is 0 Å². The Morgan fingerprint density at radius 1 is 0.667 bits per heavy atom. The van der Waals surface area contributed by atoms with E-state index in [-0.39, 0.29) is 61.0 Å². The summed E-state index contributed by atoms with van der Waals surface area (Å²) in [5, 5.41) is 37.9. The van der Waals surface area contributed by atoms with Crippen LogP contribution in [0.5, 0.6) is 23.0 Å². The molecule has 4 unspecified atom stereocenters. The van der Waals surface area contributed by atoms with Gasteiger partial charge in [-0.3, -0.25) is 9.59 Å². The standard InChI is InChI=1S/C30H38O10S2/c31-21-7-5-19(15-23(21)33)3-1-11-41-13-9-27(35)39-25-17-37-30-26(18-38-29(25)30)40-28(36)10-14-42-12-2-4-20-6-8-22(32)24(34)16-20/h5-8,15-16,25-26,29-34H,1-4,9-14,17-18H2. The number of aromatic hydroxyl groups is 4. The zero-order valence-corrected chi connectivity index (χ0v) is 24.9. The van der Waals surface area contributed by atoms with Crippen LogP contribution < -0.4 is 0 Å². The third-order valence-electron chi connectivity index (χ3n) is 7.02. The molecule has 0 radical (unpaired) electrons. The lowest BCUT2D eigenvalue weighted by Crippen LogP contribution is -2.36. The molecular weight excluding hydrogens is 584 g/mol. The van der Waals surface area contributed by atoms with Gasteiger partial charge in [-0.15, -0.1) is 0 Å². The number of phenols is 4. The number of benzene rings is 2. The zero-order chi connectivity index (χ0) is 29.9. The number of esters is 2. The maximum Gasteiger partial charge on any atom is 0.307 e. The maximum atomic E-state index is 12.4. The van der Waals surface area contributed by atoms with Gasteiger partial charge in [-0.05, 0) is 72.6 Å². The maximum absolute atomic E-state index is 12.4. The summed E-state index contributed by atoms with van der Waals surface area (Å²) in [6.45, 7) is 0.410. The monoisotopic (exact) mass is 622 g/mol. The van der Waals surface area contributed by atoms with Crippen molar-refractivity contribution in [2.24, 2.45) is 0 Å². The van der Waals surface area contributed by atoms with E-state index in [1.54, 1.807) is 47.8 Å². The van der Waals surface area contributed by atoms with Gasteiger partial charge in [-0.25, -0.2) is 0 Å². The van der Waals surface area contributed by atoms with E-state index >= 15 is 0 Å². The number of carbonyl (C=O) groups excluding carboxylic acids is 2. The molecule has 0 aliphatic carbocycles. The first-order valence-corrected chi connectivity index (χ1v) is 16.4. The first kappa shape index (κ1) is 32.1. The molecule has 12 heteroatoms. The third-order valence-corrected chi connectivity index (χ3v) is 9.16. The van der Waals surface area contributed by atoms with Crippen molar-refractivity contribution in [3.63, 3.8) is 0 Å². The van der Waals surface area contributed by atoms with E-state index in [4.69, 9.17) is 18.9 Å². The van der Waals surface area contributed by atoms with Crippen LogP contribution in [0.1, 0.15) is 36.8 Å². The van der Waals surface area contributed by atoms with Gasteiger partial charge in [0.25, 0.3) is 0 Å². The molecule has 0 spiro atoms. The van der Waals surface area contributed by atoms with Crippen LogP contribution in [-0.4, -0.2) is 93.0 Å². The fourth-order valence-electron chi connectivity index (χ4n) is 4.81. The van der Waals surface area contributed by atoms with Gasteiger partial charge in [0.2, 0.25) is 0 Å². The Morgan fingerprint density at radius 3 is 1.50 bits per heavy atom. The molecule has 2 saturated heterocycles. The van der Waals surface area contributed by atoms with E-state index < -0.39 is 24.4 Å². The van der Waals surface area contributed by atoms with Crippen LogP contribution in [0.2, 0.25) is 0 Å². The van der Waals surface area contributed by atoms with Gasteiger partial charge in [0.15, 0.2) is 35.2 Å². The fraction of sp³-hybridized carbons (Fsp3) is 0.533. The van der Waals surface area contributed by atoms with E-state index in [0.29, 0.717) is 11.5 Å². The van der Waals surface area contributed by atoms with Gasteiger partial charge in [0.05, 0.1) is 26.1 Å². The highest BCUT2D eigenvalue weighted by atomic mass is 32.2. The summed E-state index contributed by atoms with van der Waals surface area (Å²) in [5.74, 6) is 1.83. The average Bonchev–Trinajstić information content (AvgIpc) is 3.55. The second kappa shape index (κ2) is 16.2. The molecule has 2 aliphatic heterocycles. The van der Waals surface area contributed by atoms with Gasteiger partial charge < -0.3 is 39.4 Å². The topological polar surface area (TPSA) is 152 Å². The molecule has 2 aromatic rings. The molecule has 0 saturated carbocycles. The minimum absolute atomic E-state index is 0.120. The molecule has 2 aromatic carbocycles. The number of thioether (sulfide) groups is 2. The Bertz CT molecular complexity index is 1100. The number of phenolic OH excluding ortho intramolecular Hbond substituents is 4. The third kappa shape index (κ3) is 9.62. The molecule has 2 heterocycles. The van der Waals surface area contributed by atoms with Gasteiger partial charge in [-0.1, -0.05) is 12.1 Å². The van der Waals surface area contributed by atoms with Crippen LogP contribution in [0.3, 0.4) is 0 Å². The minimum Gasteiger partial charge on any atom is -0.504 e. The van der Waals surface area contributed by atoms with E-state index in [1.807, 2.05) is 0 Å². The molecule has 230 valence electrons. The van der Waals surface area contributed by atoms with Crippen molar-refractivity contribution in [1.82, 2.24) is 0 Å². The summed E-state index contributed by atoms with van der Waals surface area (Å²) >= 11 is 3.30. The Labute approximate surface area is 253 Å². The van der Waals surface area contributed by atoms with Crippen LogP contribution in [0, 0.1) is 0 Å². The summed E-state index contributed by atoms with van der Waals surface area (Å²) in [6.07, 6.45) is 1.89. The summed E-state index contributed by atoms with van der Waals surface area (Å²) in [7, 11) is 0. The number of carbonyl (C=O) groups is 2. The van der Waals surface area contributed by atoms with Crippen LogP contribution in [-0.2, 0) is 41.4 Å². The summed E-state index contributed by atoms with van der Waals surface area (Å²) in [5.41, 5.74) is 1.89.